The van der Waals surface area contributed by atoms with Crippen molar-refractivity contribution in [1.82, 2.24) is 0 Å². The minimum absolute atomic E-state index is 0.261. The second-order valence-electron chi connectivity index (χ2n) is 6.62. The maximum Gasteiger partial charge on any atom is 0.335 e. The van der Waals surface area contributed by atoms with Gasteiger partial charge in [0, 0.05) is 11.8 Å². The summed E-state index contributed by atoms with van der Waals surface area (Å²) in [4.78, 5) is 15.5. The third kappa shape index (κ3) is 2.52. The molecule has 0 amide bonds. The summed E-state index contributed by atoms with van der Waals surface area (Å²) < 4.78 is 0. The average molecular weight is 349 g/mol. The van der Waals surface area contributed by atoms with E-state index in [0.29, 0.717) is 0 Å². The Morgan fingerprint density at radius 3 is 2.07 bits per heavy atom. The van der Waals surface area contributed by atoms with Gasteiger partial charge >= 0.3 is 5.97 Å². The summed E-state index contributed by atoms with van der Waals surface area (Å²) in [7, 11) is 0. The first-order valence-electron chi connectivity index (χ1n) is 8.75. The van der Waals surface area contributed by atoms with Gasteiger partial charge < -0.3 is 5.11 Å². The Labute approximate surface area is 155 Å². The third-order valence-electron chi connectivity index (χ3n) is 5.03. The molecule has 0 unspecified atom stereocenters. The third-order valence-corrected chi connectivity index (χ3v) is 5.03. The van der Waals surface area contributed by atoms with Crippen LogP contribution < -0.4 is 0 Å². The van der Waals surface area contributed by atoms with Gasteiger partial charge in [0.25, 0.3) is 0 Å². The minimum atomic E-state index is -0.933. The average Bonchev–Trinajstić information content (AvgIpc) is 2.71. The number of benzene rings is 5. The topological polar surface area (TPSA) is 49.7 Å². The van der Waals surface area contributed by atoms with E-state index in [-0.39, 0.29) is 5.56 Å². The quantitative estimate of drug-likeness (QED) is 0.319. The van der Waals surface area contributed by atoms with E-state index in [2.05, 4.69) is 59.6 Å². The fraction of sp³-hybridized carbons (Fsp3) is 0. The Kier molecular flexibility index (Phi) is 3.41. The van der Waals surface area contributed by atoms with Gasteiger partial charge in [0.15, 0.2) is 0 Å². The normalized spacial score (nSPS) is 11.9. The predicted molar refractivity (Wildman–Crippen MR) is 111 cm³/mol. The van der Waals surface area contributed by atoms with Crippen molar-refractivity contribution in [3.8, 4) is 0 Å². The molecule has 3 heteroatoms. The highest BCUT2D eigenvalue weighted by molar-refractivity contribution is 6.25. The van der Waals surface area contributed by atoms with E-state index in [4.69, 9.17) is 5.11 Å². The van der Waals surface area contributed by atoms with Gasteiger partial charge in [-0.3, -0.25) is 4.99 Å². The van der Waals surface area contributed by atoms with Crippen molar-refractivity contribution in [2.24, 2.45) is 4.99 Å². The standard InChI is InChI=1S/C24H15NO2/c26-24(27)18-8-11-20(12-9-18)25-14-19-7-6-17-5-4-15-2-1-3-16-10-13-21(19)23(17)22(15)16/h1-14H,(H,26,27). The zero-order valence-corrected chi connectivity index (χ0v) is 14.4. The number of nitrogens with zero attached hydrogens (tertiary/aromatic N) is 1. The van der Waals surface area contributed by atoms with Crippen LogP contribution in [-0.2, 0) is 0 Å². The molecule has 5 rings (SSSR count). The lowest BCUT2D eigenvalue weighted by atomic mass is 9.92. The summed E-state index contributed by atoms with van der Waals surface area (Å²) >= 11 is 0. The zero-order valence-electron chi connectivity index (χ0n) is 14.4. The van der Waals surface area contributed by atoms with Crippen LogP contribution in [0.5, 0.6) is 0 Å². The summed E-state index contributed by atoms with van der Waals surface area (Å²) in [6.07, 6.45) is 1.85. The number of aliphatic imine (C=N–C) groups is 1. The summed E-state index contributed by atoms with van der Waals surface area (Å²) in [6.45, 7) is 0. The monoisotopic (exact) mass is 349 g/mol. The molecule has 0 atom stereocenters. The Morgan fingerprint density at radius 2 is 1.37 bits per heavy atom. The van der Waals surface area contributed by atoms with Gasteiger partial charge in [-0.2, -0.15) is 0 Å². The molecule has 0 aliphatic carbocycles. The van der Waals surface area contributed by atoms with Crippen LogP contribution in [0.15, 0.2) is 83.9 Å². The molecule has 0 fully saturated rings. The molecule has 0 radical (unpaired) electrons. The largest absolute Gasteiger partial charge is 0.478 e. The molecule has 5 aromatic rings. The number of aromatic carboxylic acids is 1. The summed E-state index contributed by atoms with van der Waals surface area (Å²) in [5.74, 6) is -0.933. The van der Waals surface area contributed by atoms with Gasteiger partial charge in [-0.15, -0.1) is 0 Å². The van der Waals surface area contributed by atoms with Gasteiger partial charge in [0.05, 0.1) is 11.3 Å². The molecule has 5 aromatic carbocycles. The number of carboxylic acid groups (broad SMARTS) is 1. The van der Waals surface area contributed by atoms with E-state index in [1.165, 1.54) is 32.3 Å². The van der Waals surface area contributed by atoms with Crippen LogP contribution in [-0.4, -0.2) is 17.3 Å². The predicted octanol–water partition coefficient (Wildman–Crippen LogP) is 6.03. The van der Waals surface area contributed by atoms with Crippen LogP contribution in [0.4, 0.5) is 5.69 Å². The molecule has 0 aliphatic rings. The van der Waals surface area contributed by atoms with E-state index < -0.39 is 5.97 Å². The number of hydrogen-bond acceptors (Lipinski definition) is 2. The number of rotatable bonds is 3. The van der Waals surface area contributed by atoms with Gasteiger partial charge in [-0.05, 0) is 56.6 Å². The molecular formula is C24H15NO2. The summed E-state index contributed by atoms with van der Waals surface area (Å²) in [5, 5.41) is 16.4. The van der Waals surface area contributed by atoms with E-state index >= 15 is 0 Å². The highest BCUT2D eigenvalue weighted by atomic mass is 16.4. The van der Waals surface area contributed by atoms with E-state index in [9.17, 15) is 4.79 Å². The maximum atomic E-state index is 11.0. The molecular weight excluding hydrogens is 334 g/mol. The van der Waals surface area contributed by atoms with E-state index in [1.54, 1.807) is 24.3 Å². The fourth-order valence-electron chi connectivity index (χ4n) is 3.70. The fourth-order valence-corrected chi connectivity index (χ4v) is 3.70. The van der Waals surface area contributed by atoms with Gasteiger partial charge in [-0.25, -0.2) is 4.79 Å². The SMILES string of the molecule is O=C(O)c1ccc(N=Cc2ccc3ccc4cccc5ccc2c3c45)cc1. The molecule has 1 N–H and O–H groups in total. The van der Waals surface area contributed by atoms with Crippen LogP contribution in [0, 0.1) is 0 Å². The molecule has 0 saturated carbocycles. The Morgan fingerprint density at radius 1 is 0.741 bits per heavy atom. The highest BCUT2D eigenvalue weighted by Crippen LogP contribution is 2.35. The maximum absolute atomic E-state index is 11.0. The Bertz CT molecular complexity index is 1320. The molecule has 0 bridgehead atoms. The number of hydrogen-bond donors (Lipinski definition) is 1. The van der Waals surface area contributed by atoms with Crippen LogP contribution in [0.1, 0.15) is 15.9 Å². The number of carboxylic acids is 1. The molecule has 128 valence electrons. The van der Waals surface area contributed by atoms with Crippen molar-refractivity contribution in [2.45, 2.75) is 0 Å². The van der Waals surface area contributed by atoms with E-state index in [0.717, 1.165) is 11.3 Å². The van der Waals surface area contributed by atoms with Crippen molar-refractivity contribution in [3.63, 3.8) is 0 Å². The lowest BCUT2D eigenvalue weighted by molar-refractivity contribution is 0.0697. The molecule has 0 heterocycles. The molecule has 0 aliphatic heterocycles. The van der Waals surface area contributed by atoms with Gasteiger partial charge in [-0.1, -0.05) is 54.6 Å². The van der Waals surface area contributed by atoms with Crippen molar-refractivity contribution in [1.29, 1.82) is 0 Å². The molecule has 0 spiro atoms. The molecule has 3 nitrogen and oxygen atoms in total. The van der Waals surface area contributed by atoms with Crippen LogP contribution in [0.3, 0.4) is 0 Å². The molecule has 0 saturated heterocycles. The molecule has 27 heavy (non-hydrogen) atoms. The zero-order chi connectivity index (χ0) is 18.4. The van der Waals surface area contributed by atoms with Crippen LogP contribution in [0.2, 0.25) is 0 Å². The lowest BCUT2D eigenvalue weighted by Crippen LogP contribution is -1.94. The summed E-state index contributed by atoms with van der Waals surface area (Å²) in [5.41, 5.74) is 2.03. The van der Waals surface area contributed by atoms with Crippen molar-refractivity contribution in [3.05, 3.63) is 90.0 Å². The first kappa shape index (κ1) is 15.5. The van der Waals surface area contributed by atoms with Crippen molar-refractivity contribution in [2.75, 3.05) is 0 Å². The van der Waals surface area contributed by atoms with Crippen LogP contribution in [0.25, 0.3) is 32.3 Å². The van der Waals surface area contributed by atoms with Crippen molar-refractivity contribution >= 4 is 50.2 Å². The Balaban J connectivity index is 1.66. The molecule has 0 aromatic heterocycles. The van der Waals surface area contributed by atoms with Gasteiger partial charge in [0.2, 0.25) is 0 Å². The van der Waals surface area contributed by atoms with E-state index in [1.807, 2.05) is 6.21 Å². The smallest absolute Gasteiger partial charge is 0.335 e. The first-order chi connectivity index (χ1) is 13.2. The number of carbonyl (C=O) groups is 1. The Hall–Kier alpha value is -3.72. The minimum Gasteiger partial charge on any atom is -0.478 e. The lowest BCUT2D eigenvalue weighted by Gasteiger charge is -2.12. The first-order valence-corrected chi connectivity index (χ1v) is 8.75. The second kappa shape index (κ2) is 5.92. The second-order valence-corrected chi connectivity index (χ2v) is 6.62. The van der Waals surface area contributed by atoms with Gasteiger partial charge in [0.1, 0.15) is 0 Å². The summed E-state index contributed by atoms with van der Waals surface area (Å²) in [6, 6.07) is 25.8. The van der Waals surface area contributed by atoms with Crippen LogP contribution >= 0.6 is 0 Å². The highest BCUT2D eigenvalue weighted by Gasteiger charge is 2.09. The van der Waals surface area contributed by atoms with Crippen molar-refractivity contribution < 1.29 is 9.90 Å².